The predicted octanol–water partition coefficient (Wildman–Crippen LogP) is 4.82. The first-order chi connectivity index (χ1) is 16.3. The smallest absolute Gasteiger partial charge is 0.434 e. The monoisotopic (exact) mass is 472 g/mol. The second-order valence-corrected chi connectivity index (χ2v) is 6.87. The fourth-order valence-corrected chi connectivity index (χ4v) is 2.81. The highest BCUT2D eigenvalue weighted by Crippen LogP contribution is 2.18. The highest BCUT2D eigenvalue weighted by molar-refractivity contribution is 6.04. The lowest BCUT2D eigenvalue weighted by atomic mass is 10.1. The zero-order valence-electron chi connectivity index (χ0n) is 17.9. The minimum atomic E-state index is -1.72. The van der Waals surface area contributed by atoms with Crippen molar-refractivity contribution in [3.63, 3.8) is 0 Å². The lowest BCUT2D eigenvalue weighted by Crippen LogP contribution is -2.22. The lowest BCUT2D eigenvalue weighted by molar-refractivity contribution is 0.0950. The Kier molecular flexibility index (Phi) is 7.86. The fourth-order valence-electron chi connectivity index (χ4n) is 2.81. The van der Waals surface area contributed by atoms with E-state index in [2.05, 4.69) is 15.4 Å². The molecular formula is C24H19F3N2O5. The molecule has 34 heavy (non-hydrogen) atoms. The fraction of sp³-hybridized carbons (Fsp3) is 0.125. The summed E-state index contributed by atoms with van der Waals surface area (Å²) in [6.45, 7) is 2.00. The molecular weight excluding hydrogens is 453 g/mol. The maximum Gasteiger partial charge on any atom is 0.513 e. The van der Waals surface area contributed by atoms with Gasteiger partial charge in [-0.25, -0.2) is 18.0 Å². The molecule has 10 heteroatoms. The standard InChI is InChI=1S/C24H19F3N2O5/c1-2-33-24(32)34-17-9-5-15(6-10-17)22(30)28-13-14-3-7-16(8-4-14)29-23(31)18-11-12-19(25)21(27)20(18)26/h3-12H,2,13H2,1H3,(H,28,30)(H,29,31). The van der Waals surface area contributed by atoms with E-state index in [0.29, 0.717) is 22.9 Å². The molecule has 0 heterocycles. The Balaban J connectivity index is 1.54. The Hall–Kier alpha value is -4.34. The first-order valence-corrected chi connectivity index (χ1v) is 10.0. The summed E-state index contributed by atoms with van der Waals surface area (Å²) in [6, 6.07) is 13.7. The van der Waals surface area contributed by atoms with E-state index in [1.165, 1.54) is 36.4 Å². The summed E-state index contributed by atoms with van der Waals surface area (Å²) in [5.41, 5.74) is 0.705. The first kappa shape index (κ1) is 24.3. The minimum absolute atomic E-state index is 0.173. The molecule has 0 aromatic heterocycles. The van der Waals surface area contributed by atoms with E-state index in [4.69, 9.17) is 4.74 Å². The summed E-state index contributed by atoms with van der Waals surface area (Å²) in [7, 11) is 0. The summed E-state index contributed by atoms with van der Waals surface area (Å²) in [6.07, 6.45) is -0.839. The molecule has 176 valence electrons. The molecule has 0 aliphatic rings. The van der Waals surface area contributed by atoms with Crippen LogP contribution in [0.25, 0.3) is 0 Å². The van der Waals surface area contributed by atoms with Crippen LogP contribution in [0.1, 0.15) is 33.2 Å². The highest BCUT2D eigenvalue weighted by Gasteiger charge is 2.19. The number of benzene rings is 3. The molecule has 3 aromatic rings. The Morgan fingerprint density at radius 2 is 1.50 bits per heavy atom. The third-order valence-electron chi connectivity index (χ3n) is 4.52. The van der Waals surface area contributed by atoms with Gasteiger partial charge in [0.25, 0.3) is 11.8 Å². The summed E-state index contributed by atoms with van der Waals surface area (Å²) in [4.78, 5) is 35.7. The Bertz CT molecular complexity index is 1200. The van der Waals surface area contributed by atoms with Crippen LogP contribution in [0.5, 0.6) is 5.75 Å². The molecule has 0 spiro atoms. The van der Waals surface area contributed by atoms with Crippen LogP contribution in [0.15, 0.2) is 60.7 Å². The van der Waals surface area contributed by atoms with Crippen LogP contribution in [0, 0.1) is 17.5 Å². The van der Waals surface area contributed by atoms with Crippen molar-refractivity contribution in [1.82, 2.24) is 5.32 Å². The number of halogens is 3. The Morgan fingerprint density at radius 1 is 0.824 bits per heavy atom. The van der Waals surface area contributed by atoms with Crippen LogP contribution >= 0.6 is 0 Å². The number of amides is 2. The number of nitrogens with one attached hydrogen (secondary N) is 2. The average Bonchev–Trinajstić information content (AvgIpc) is 2.82. The molecule has 0 aliphatic heterocycles. The Labute approximate surface area is 192 Å². The minimum Gasteiger partial charge on any atom is -0.434 e. The number of hydrogen-bond acceptors (Lipinski definition) is 5. The number of hydrogen-bond donors (Lipinski definition) is 2. The van der Waals surface area contributed by atoms with Gasteiger partial charge in [-0.3, -0.25) is 9.59 Å². The van der Waals surface area contributed by atoms with Crippen LogP contribution in [-0.2, 0) is 11.3 Å². The maximum atomic E-state index is 13.8. The maximum absolute atomic E-state index is 13.8. The van der Waals surface area contributed by atoms with Crippen LogP contribution < -0.4 is 15.4 Å². The molecule has 0 saturated carbocycles. The topological polar surface area (TPSA) is 93.7 Å². The zero-order chi connectivity index (χ0) is 24.7. The second kappa shape index (κ2) is 11.0. The van der Waals surface area contributed by atoms with Gasteiger partial charge in [0.1, 0.15) is 5.75 Å². The number of ether oxygens (including phenoxy) is 2. The number of carbonyl (C=O) groups excluding carboxylic acids is 3. The van der Waals surface area contributed by atoms with Crippen LogP contribution in [0.2, 0.25) is 0 Å². The van der Waals surface area contributed by atoms with Crippen molar-refractivity contribution < 1.29 is 37.0 Å². The van der Waals surface area contributed by atoms with E-state index in [1.54, 1.807) is 19.1 Å². The van der Waals surface area contributed by atoms with Crippen LogP contribution in [0.3, 0.4) is 0 Å². The molecule has 0 fully saturated rings. The van der Waals surface area contributed by atoms with Gasteiger partial charge >= 0.3 is 6.16 Å². The van der Waals surface area contributed by atoms with E-state index >= 15 is 0 Å². The van der Waals surface area contributed by atoms with Gasteiger partial charge in [0.05, 0.1) is 12.2 Å². The molecule has 0 bridgehead atoms. The number of anilines is 1. The number of rotatable bonds is 7. The molecule has 0 atom stereocenters. The van der Waals surface area contributed by atoms with E-state index in [0.717, 1.165) is 6.07 Å². The van der Waals surface area contributed by atoms with Gasteiger partial charge in [-0.2, -0.15) is 0 Å². The summed E-state index contributed by atoms with van der Waals surface area (Å²) >= 11 is 0. The number of carbonyl (C=O) groups is 3. The molecule has 0 radical (unpaired) electrons. The summed E-state index contributed by atoms with van der Waals surface area (Å²) in [5.74, 6) is -5.75. The molecule has 3 aromatic carbocycles. The predicted molar refractivity (Wildman–Crippen MR) is 116 cm³/mol. The first-order valence-electron chi connectivity index (χ1n) is 10.0. The average molecular weight is 472 g/mol. The largest absolute Gasteiger partial charge is 0.513 e. The second-order valence-electron chi connectivity index (χ2n) is 6.87. The van der Waals surface area contributed by atoms with Gasteiger partial charge < -0.3 is 20.1 Å². The van der Waals surface area contributed by atoms with Crippen molar-refractivity contribution >= 4 is 23.7 Å². The molecule has 2 N–H and O–H groups in total. The van der Waals surface area contributed by atoms with E-state index < -0.39 is 35.1 Å². The van der Waals surface area contributed by atoms with Gasteiger partial charge in [-0.05, 0) is 61.0 Å². The van der Waals surface area contributed by atoms with Crippen molar-refractivity contribution in [2.75, 3.05) is 11.9 Å². The van der Waals surface area contributed by atoms with Gasteiger partial charge in [-0.15, -0.1) is 0 Å². The van der Waals surface area contributed by atoms with Crippen molar-refractivity contribution in [2.45, 2.75) is 13.5 Å². The van der Waals surface area contributed by atoms with Crippen LogP contribution in [-0.4, -0.2) is 24.6 Å². The van der Waals surface area contributed by atoms with Crippen molar-refractivity contribution in [3.05, 3.63) is 94.8 Å². The van der Waals surface area contributed by atoms with Gasteiger partial charge in [0.15, 0.2) is 17.5 Å². The molecule has 0 saturated heterocycles. The van der Waals surface area contributed by atoms with Crippen molar-refractivity contribution in [3.8, 4) is 5.75 Å². The van der Waals surface area contributed by atoms with Crippen LogP contribution in [0.4, 0.5) is 23.7 Å². The molecule has 2 amide bonds. The molecule has 7 nitrogen and oxygen atoms in total. The van der Waals surface area contributed by atoms with E-state index in [1.807, 2.05) is 0 Å². The third kappa shape index (κ3) is 6.12. The summed E-state index contributed by atoms with van der Waals surface area (Å²) in [5, 5.41) is 5.11. The van der Waals surface area contributed by atoms with Gasteiger partial charge in [-0.1, -0.05) is 12.1 Å². The third-order valence-corrected chi connectivity index (χ3v) is 4.52. The molecule has 3 rings (SSSR count). The van der Waals surface area contributed by atoms with Crippen molar-refractivity contribution in [2.24, 2.45) is 0 Å². The van der Waals surface area contributed by atoms with Gasteiger partial charge in [0, 0.05) is 17.8 Å². The molecule has 0 unspecified atom stereocenters. The molecule has 0 aliphatic carbocycles. The quantitative estimate of drug-likeness (QED) is 0.292. The highest BCUT2D eigenvalue weighted by atomic mass is 19.2. The normalized spacial score (nSPS) is 10.4. The lowest BCUT2D eigenvalue weighted by Gasteiger charge is -2.09. The SMILES string of the molecule is CCOC(=O)Oc1ccc(C(=O)NCc2ccc(NC(=O)c3ccc(F)c(F)c3F)cc2)cc1. The van der Waals surface area contributed by atoms with E-state index in [-0.39, 0.29) is 24.8 Å². The Morgan fingerprint density at radius 3 is 2.15 bits per heavy atom. The summed E-state index contributed by atoms with van der Waals surface area (Å²) < 4.78 is 49.7. The van der Waals surface area contributed by atoms with Crippen molar-refractivity contribution in [1.29, 1.82) is 0 Å². The van der Waals surface area contributed by atoms with E-state index in [9.17, 15) is 27.6 Å². The zero-order valence-corrected chi connectivity index (χ0v) is 17.9. The van der Waals surface area contributed by atoms with Gasteiger partial charge in [0.2, 0.25) is 0 Å².